The van der Waals surface area contributed by atoms with Crippen molar-refractivity contribution in [3.05, 3.63) is 17.1 Å². The van der Waals surface area contributed by atoms with E-state index in [2.05, 4.69) is 39.4 Å². The van der Waals surface area contributed by atoms with E-state index >= 15 is 0 Å². The minimum absolute atomic E-state index is 0.310. The van der Waals surface area contributed by atoms with Crippen molar-refractivity contribution >= 4 is 0 Å². The van der Waals surface area contributed by atoms with Crippen molar-refractivity contribution < 1.29 is 4.74 Å². The van der Waals surface area contributed by atoms with Crippen molar-refractivity contribution in [2.75, 3.05) is 13.7 Å². The van der Waals surface area contributed by atoms with Crippen LogP contribution in [0.25, 0.3) is 0 Å². The maximum Gasteiger partial charge on any atom is 0.216 e. The summed E-state index contributed by atoms with van der Waals surface area (Å²) in [5, 5.41) is 16.8. The summed E-state index contributed by atoms with van der Waals surface area (Å²) in [5.74, 6) is 1.80. The second-order valence-electron chi connectivity index (χ2n) is 6.43. The summed E-state index contributed by atoms with van der Waals surface area (Å²) in [5.41, 5.74) is 2.24. The third-order valence-electron chi connectivity index (χ3n) is 4.78. The molecule has 24 heavy (non-hydrogen) atoms. The summed E-state index contributed by atoms with van der Waals surface area (Å²) in [7, 11) is 3.64. The highest BCUT2D eigenvalue weighted by molar-refractivity contribution is 5.35. The molecular formula is C16H27N7O. The van der Waals surface area contributed by atoms with Gasteiger partial charge in [0.05, 0.1) is 24.9 Å². The number of hydrogen-bond donors (Lipinski definition) is 0. The van der Waals surface area contributed by atoms with Crippen LogP contribution in [0, 0.1) is 6.92 Å². The van der Waals surface area contributed by atoms with Gasteiger partial charge < -0.3 is 4.74 Å². The predicted octanol–water partition coefficient (Wildman–Crippen LogP) is 1.86. The minimum atomic E-state index is 0.310. The summed E-state index contributed by atoms with van der Waals surface area (Å²) in [6, 6.07) is 0.310. The van der Waals surface area contributed by atoms with Gasteiger partial charge in [-0.1, -0.05) is 13.3 Å². The highest BCUT2D eigenvalue weighted by Crippen LogP contribution is 2.39. The molecule has 8 heteroatoms. The molecule has 1 atom stereocenters. The zero-order valence-electron chi connectivity index (χ0n) is 15.1. The average Bonchev–Trinajstić information content (AvgIpc) is 3.25. The molecule has 132 valence electrons. The van der Waals surface area contributed by atoms with Gasteiger partial charge >= 0.3 is 0 Å². The van der Waals surface area contributed by atoms with Crippen LogP contribution in [0.4, 0.5) is 0 Å². The molecule has 0 radical (unpaired) electrons. The first-order valence-electron chi connectivity index (χ1n) is 8.72. The SMILES string of the molecule is CCCCn1nnnc1CN1CCC[C@H]1c1c(C)nn(C)c1OC. The van der Waals surface area contributed by atoms with Crippen LogP contribution in [0.15, 0.2) is 0 Å². The molecule has 1 aliphatic heterocycles. The molecule has 3 heterocycles. The fourth-order valence-corrected chi connectivity index (χ4v) is 3.62. The number of hydrogen-bond acceptors (Lipinski definition) is 6. The number of likely N-dealkylation sites (tertiary alicyclic amines) is 1. The van der Waals surface area contributed by atoms with Gasteiger partial charge in [-0.3, -0.25) is 4.90 Å². The van der Waals surface area contributed by atoms with Crippen molar-refractivity contribution in [2.24, 2.45) is 7.05 Å². The number of methoxy groups -OCH3 is 1. The number of aromatic nitrogens is 6. The maximum atomic E-state index is 5.60. The summed E-state index contributed by atoms with van der Waals surface area (Å²) in [6.07, 6.45) is 4.51. The van der Waals surface area contributed by atoms with E-state index in [0.717, 1.165) is 56.3 Å². The fourth-order valence-electron chi connectivity index (χ4n) is 3.62. The topological polar surface area (TPSA) is 73.9 Å². The largest absolute Gasteiger partial charge is 0.481 e. The van der Waals surface area contributed by atoms with E-state index in [1.54, 1.807) is 7.11 Å². The van der Waals surface area contributed by atoms with Gasteiger partial charge in [0.1, 0.15) is 0 Å². The first-order chi connectivity index (χ1) is 11.7. The molecule has 1 saturated heterocycles. The summed E-state index contributed by atoms with van der Waals surface area (Å²) in [6.45, 7) is 6.92. The van der Waals surface area contributed by atoms with Crippen molar-refractivity contribution in [1.29, 1.82) is 0 Å². The molecule has 0 saturated carbocycles. The van der Waals surface area contributed by atoms with Gasteiger partial charge in [-0.05, 0) is 43.2 Å². The van der Waals surface area contributed by atoms with Gasteiger partial charge in [0.25, 0.3) is 0 Å². The zero-order valence-corrected chi connectivity index (χ0v) is 15.1. The third-order valence-corrected chi connectivity index (χ3v) is 4.78. The standard InChI is InChI=1S/C16H27N7O/c1-5-6-10-23-14(17-19-20-23)11-22-9-7-8-13(22)15-12(2)18-21(3)16(15)24-4/h13H,5-11H2,1-4H3/t13-/m0/s1. The monoisotopic (exact) mass is 333 g/mol. The molecule has 0 spiro atoms. The van der Waals surface area contributed by atoms with Crippen LogP contribution in [0.2, 0.25) is 0 Å². The van der Waals surface area contributed by atoms with Crippen LogP contribution in [-0.4, -0.2) is 48.5 Å². The highest BCUT2D eigenvalue weighted by atomic mass is 16.5. The lowest BCUT2D eigenvalue weighted by Gasteiger charge is -2.24. The first kappa shape index (κ1) is 16.9. The Labute approximate surface area is 142 Å². The predicted molar refractivity (Wildman–Crippen MR) is 89.6 cm³/mol. The molecule has 0 amide bonds. The molecule has 1 aliphatic rings. The van der Waals surface area contributed by atoms with Crippen LogP contribution in [-0.2, 0) is 20.1 Å². The molecule has 3 rings (SSSR count). The smallest absolute Gasteiger partial charge is 0.216 e. The van der Waals surface area contributed by atoms with E-state index in [9.17, 15) is 0 Å². The molecule has 0 aromatic carbocycles. The lowest BCUT2D eigenvalue weighted by molar-refractivity contribution is 0.230. The van der Waals surface area contributed by atoms with Crippen molar-refractivity contribution in [3.8, 4) is 5.88 Å². The number of tetrazole rings is 1. The van der Waals surface area contributed by atoms with Gasteiger partial charge in [0.15, 0.2) is 5.82 Å². The number of unbranched alkanes of at least 4 members (excludes halogenated alkanes) is 1. The van der Waals surface area contributed by atoms with Crippen LogP contribution in [0.5, 0.6) is 5.88 Å². The quantitative estimate of drug-likeness (QED) is 0.770. The van der Waals surface area contributed by atoms with Crippen molar-refractivity contribution in [1.82, 2.24) is 34.9 Å². The molecule has 0 aliphatic carbocycles. The Morgan fingerprint density at radius 3 is 2.92 bits per heavy atom. The fraction of sp³-hybridized carbons (Fsp3) is 0.750. The van der Waals surface area contributed by atoms with Crippen LogP contribution < -0.4 is 4.74 Å². The molecular weight excluding hydrogens is 306 g/mol. The Balaban J connectivity index is 1.81. The summed E-state index contributed by atoms with van der Waals surface area (Å²) >= 11 is 0. The lowest BCUT2D eigenvalue weighted by atomic mass is 10.1. The van der Waals surface area contributed by atoms with E-state index < -0.39 is 0 Å². The van der Waals surface area contributed by atoms with Crippen LogP contribution in [0.3, 0.4) is 0 Å². The van der Waals surface area contributed by atoms with E-state index in [1.165, 1.54) is 12.0 Å². The van der Waals surface area contributed by atoms with E-state index in [0.29, 0.717) is 6.04 Å². The average molecular weight is 333 g/mol. The van der Waals surface area contributed by atoms with E-state index in [1.807, 2.05) is 16.4 Å². The first-order valence-corrected chi connectivity index (χ1v) is 8.72. The Morgan fingerprint density at radius 1 is 1.33 bits per heavy atom. The molecule has 1 fully saturated rings. The Hall–Kier alpha value is -1.96. The van der Waals surface area contributed by atoms with Gasteiger partial charge in [0, 0.05) is 19.6 Å². The number of rotatable bonds is 7. The van der Waals surface area contributed by atoms with E-state index in [-0.39, 0.29) is 0 Å². The number of nitrogens with zero attached hydrogens (tertiary/aromatic N) is 7. The van der Waals surface area contributed by atoms with Crippen LogP contribution >= 0.6 is 0 Å². The normalized spacial score (nSPS) is 18.4. The second-order valence-corrected chi connectivity index (χ2v) is 6.43. The summed E-state index contributed by atoms with van der Waals surface area (Å²) in [4.78, 5) is 2.45. The van der Waals surface area contributed by atoms with Gasteiger partial charge in [0.2, 0.25) is 5.88 Å². The van der Waals surface area contributed by atoms with Crippen molar-refractivity contribution in [2.45, 2.75) is 58.7 Å². The number of ether oxygens (including phenoxy) is 1. The maximum absolute atomic E-state index is 5.60. The molecule has 0 bridgehead atoms. The molecule has 2 aromatic rings. The van der Waals surface area contributed by atoms with Gasteiger partial charge in [-0.15, -0.1) is 5.10 Å². The second kappa shape index (κ2) is 7.29. The van der Waals surface area contributed by atoms with Crippen molar-refractivity contribution in [3.63, 3.8) is 0 Å². The molecule has 2 aromatic heterocycles. The molecule has 8 nitrogen and oxygen atoms in total. The Bertz CT molecular complexity index is 678. The molecule has 0 N–H and O–H groups in total. The van der Waals surface area contributed by atoms with E-state index in [4.69, 9.17) is 4.74 Å². The zero-order chi connectivity index (χ0) is 17.1. The Morgan fingerprint density at radius 2 is 2.17 bits per heavy atom. The minimum Gasteiger partial charge on any atom is -0.481 e. The van der Waals surface area contributed by atoms with Crippen LogP contribution in [0.1, 0.15) is 55.7 Å². The van der Waals surface area contributed by atoms with Gasteiger partial charge in [-0.25, -0.2) is 9.36 Å². The number of aryl methyl sites for hydroxylation is 3. The lowest BCUT2D eigenvalue weighted by Crippen LogP contribution is -2.25. The summed E-state index contributed by atoms with van der Waals surface area (Å²) < 4.78 is 9.36. The van der Waals surface area contributed by atoms with Gasteiger partial charge in [-0.2, -0.15) is 5.10 Å². The third kappa shape index (κ3) is 3.15. The Kier molecular flexibility index (Phi) is 5.13. The highest BCUT2D eigenvalue weighted by Gasteiger charge is 2.33. The molecule has 0 unspecified atom stereocenters.